The summed E-state index contributed by atoms with van der Waals surface area (Å²) in [6, 6.07) is 3.93. The maximum atomic E-state index is 12.3. The van der Waals surface area contributed by atoms with Crippen molar-refractivity contribution in [1.29, 1.82) is 0 Å². The summed E-state index contributed by atoms with van der Waals surface area (Å²) in [5.74, 6) is -1.03. The van der Waals surface area contributed by atoms with E-state index in [-0.39, 0.29) is 19.0 Å². The fraction of sp³-hybridized carbons (Fsp3) is 0.429. The number of carboxylic acid groups (broad SMARTS) is 1. The Hall–Kier alpha value is -1.18. The zero-order valence-electron chi connectivity index (χ0n) is 11.9. The van der Waals surface area contributed by atoms with Crippen molar-refractivity contribution in [2.24, 2.45) is 0 Å². The molecule has 0 aliphatic rings. The van der Waals surface area contributed by atoms with Gasteiger partial charge in [0.2, 0.25) is 5.91 Å². The first-order valence-electron chi connectivity index (χ1n) is 6.53. The zero-order valence-corrected chi connectivity index (χ0v) is 14.3. The minimum atomic E-state index is -0.949. The van der Waals surface area contributed by atoms with Crippen molar-refractivity contribution in [2.45, 2.75) is 13.5 Å². The lowest BCUT2D eigenvalue weighted by molar-refractivity contribution is -0.139. The highest BCUT2D eigenvalue weighted by atomic mass is 79.9. The maximum Gasteiger partial charge on any atom is 0.317 e. The third kappa shape index (κ3) is 6.41. The van der Waals surface area contributed by atoms with E-state index in [4.69, 9.17) is 5.11 Å². The predicted octanol–water partition coefficient (Wildman–Crippen LogP) is 2.43. The second kappa shape index (κ2) is 8.96. The van der Waals surface area contributed by atoms with Gasteiger partial charge >= 0.3 is 5.97 Å². The molecule has 1 aromatic heterocycles. The maximum absolute atomic E-state index is 12.3. The van der Waals surface area contributed by atoms with Gasteiger partial charge in [-0.05, 0) is 35.0 Å². The average molecular weight is 375 g/mol. The molecule has 1 rings (SSSR count). The van der Waals surface area contributed by atoms with Crippen LogP contribution >= 0.6 is 27.3 Å². The number of carboxylic acids is 1. The first-order chi connectivity index (χ1) is 9.96. The first-order valence-corrected chi connectivity index (χ1v) is 8.14. The van der Waals surface area contributed by atoms with Crippen molar-refractivity contribution in [3.8, 4) is 0 Å². The smallest absolute Gasteiger partial charge is 0.317 e. The van der Waals surface area contributed by atoms with Crippen molar-refractivity contribution < 1.29 is 14.7 Å². The third-order valence-corrected chi connectivity index (χ3v) is 4.42. The molecule has 1 N–H and O–H groups in total. The number of hydrogen-bond donors (Lipinski definition) is 1. The fourth-order valence-electron chi connectivity index (χ4n) is 1.85. The summed E-state index contributed by atoms with van der Waals surface area (Å²) >= 11 is 4.99. The van der Waals surface area contributed by atoms with Crippen molar-refractivity contribution in [2.75, 3.05) is 26.2 Å². The van der Waals surface area contributed by atoms with Crippen LogP contribution in [-0.4, -0.2) is 53.0 Å². The second-order valence-electron chi connectivity index (χ2n) is 4.47. The van der Waals surface area contributed by atoms with Gasteiger partial charge in [0, 0.05) is 18.0 Å². The average Bonchev–Trinajstić information content (AvgIpc) is 2.80. The lowest BCUT2D eigenvalue weighted by Crippen LogP contribution is -2.41. The van der Waals surface area contributed by atoms with Gasteiger partial charge in [-0.25, -0.2) is 0 Å². The van der Waals surface area contributed by atoms with Gasteiger partial charge in [-0.3, -0.25) is 14.5 Å². The number of nitrogens with zero attached hydrogens (tertiary/aromatic N) is 2. The van der Waals surface area contributed by atoms with Crippen LogP contribution in [0.15, 0.2) is 28.6 Å². The number of carbonyl (C=O) groups excluding carboxylic acids is 1. The summed E-state index contributed by atoms with van der Waals surface area (Å²) in [7, 11) is 0. The molecule has 0 aromatic carbocycles. The highest BCUT2D eigenvalue weighted by Gasteiger charge is 2.18. The van der Waals surface area contributed by atoms with Crippen LogP contribution in [0.3, 0.4) is 0 Å². The van der Waals surface area contributed by atoms with E-state index in [1.54, 1.807) is 27.2 Å². The van der Waals surface area contributed by atoms with Crippen LogP contribution in [0.25, 0.3) is 0 Å². The molecule has 7 heteroatoms. The molecule has 1 heterocycles. The minimum absolute atomic E-state index is 0.0786. The molecule has 116 valence electrons. The number of amides is 1. The predicted molar refractivity (Wildman–Crippen MR) is 87.4 cm³/mol. The number of carbonyl (C=O) groups is 2. The molecule has 0 saturated heterocycles. The van der Waals surface area contributed by atoms with Crippen molar-refractivity contribution in [1.82, 2.24) is 9.80 Å². The molecule has 5 nitrogen and oxygen atoms in total. The topological polar surface area (TPSA) is 60.9 Å². The van der Waals surface area contributed by atoms with Gasteiger partial charge in [0.1, 0.15) is 0 Å². The zero-order chi connectivity index (χ0) is 15.8. The Morgan fingerprint density at radius 3 is 2.62 bits per heavy atom. The molecule has 21 heavy (non-hydrogen) atoms. The largest absolute Gasteiger partial charge is 0.480 e. The van der Waals surface area contributed by atoms with Gasteiger partial charge in [0.15, 0.2) is 0 Å². The summed E-state index contributed by atoms with van der Waals surface area (Å²) in [5, 5.41) is 8.85. The summed E-state index contributed by atoms with van der Waals surface area (Å²) in [6.45, 7) is 6.92. The van der Waals surface area contributed by atoms with E-state index >= 15 is 0 Å². The Kier molecular flexibility index (Phi) is 7.63. The minimum Gasteiger partial charge on any atom is -0.480 e. The van der Waals surface area contributed by atoms with Gasteiger partial charge in [0.05, 0.1) is 23.4 Å². The second-order valence-corrected chi connectivity index (χ2v) is 7.01. The molecule has 0 fully saturated rings. The molecule has 0 bridgehead atoms. The molecule has 0 aliphatic carbocycles. The van der Waals surface area contributed by atoms with Gasteiger partial charge in [0.25, 0.3) is 0 Å². The molecule has 0 unspecified atom stereocenters. The lowest BCUT2D eigenvalue weighted by Gasteiger charge is -2.24. The number of rotatable bonds is 9. The Bertz CT molecular complexity index is 504. The quantitative estimate of drug-likeness (QED) is 0.674. The van der Waals surface area contributed by atoms with Crippen molar-refractivity contribution in [3.63, 3.8) is 0 Å². The van der Waals surface area contributed by atoms with Crippen LogP contribution in [0.2, 0.25) is 0 Å². The normalized spacial score (nSPS) is 10.6. The van der Waals surface area contributed by atoms with E-state index in [2.05, 4.69) is 22.5 Å². The molecule has 0 spiro atoms. The standard InChI is InChI=1S/C14H19BrN2O3S/c1-3-7-16(10-14(19)20)9-13(18)17(4-2)8-11-5-6-12(15)21-11/h3,5-6H,1,4,7-10H2,2H3,(H,19,20). The molecule has 0 saturated carbocycles. The summed E-state index contributed by atoms with van der Waals surface area (Å²) < 4.78 is 1.03. The first kappa shape index (κ1) is 17.9. The highest BCUT2D eigenvalue weighted by Crippen LogP contribution is 2.23. The molecule has 1 aromatic rings. The molecule has 0 aliphatic heterocycles. The van der Waals surface area contributed by atoms with E-state index in [9.17, 15) is 9.59 Å². The molecule has 1 amide bonds. The Balaban J connectivity index is 2.63. The number of likely N-dealkylation sites (N-methyl/N-ethyl adjacent to an activating group) is 1. The number of thiophene rings is 1. The van der Waals surface area contributed by atoms with E-state index in [0.29, 0.717) is 19.6 Å². The van der Waals surface area contributed by atoms with Crippen LogP contribution in [0.1, 0.15) is 11.8 Å². The van der Waals surface area contributed by atoms with Crippen LogP contribution in [0.4, 0.5) is 0 Å². The van der Waals surface area contributed by atoms with E-state index in [1.165, 1.54) is 0 Å². The molecule has 0 radical (unpaired) electrons. The van der Waals surface area contributed by atoms with E-state index < -0.39 is 5.97 Å². The number of aliphatic carboxylic acids is 1. The summed E-state index contributed by atoms with van der Waals surface area (Å²) in [6.07, 6.45) is 1.60. The molecular weight excluding hydrogens is 356 g/mol. The Labute approximate surface area is 137 Å². The van der Waals surface area contributed by atoms with Gasteiger partial charge in [-0.2, -0.15) is 0 Å². The van der Waals surface area contributed by atoms with Crippen LogP contribution in [-0.2, 0) is 16.1 Å². The van der Waals surface area contributed by atoms with Crippen molar-refractivity contribution >= 4 is 39.1 Å². The molecular formula is C14H19BrN2O3S. The van der Waals surface area contributed by atoms with E-state index in [1.807, 2.05) is 19.1 Å². The number of halogens is 1. The van der Waals surface area contributed by atoms with Crippen molar-refractivity contribution in [3.05, 3.63) is 33.5 Å². The summed E-state index contributed by atoms with van der Waals surface area (Å²) in [4.78, 5) is 27.5. The van der Waals surface area contributed by atoms with Crippen LogP contribution in [0, 0.1) is 0 Å². The number of hydrogen-bond acceptors (Lipinski definition) is 4. The van der Waals surface area contributed by atoms with Gasteiger partial charge < -0.3 is 10.0 Å². The third-order valence-electron chi connectivity index (χ3n) is 2.82. The van der Waals surface area contributed by atoms with E-state index in [0.717, 1.165) is 8.66 Å². The Morgan fingerprint density at radius 2 is 2.14 bits per heavy atom. The molecule has 0 atom stereocenters. The Morgan fingerprint density at radius 1 is 1.43 bits per heavy atom. The fourth-order valence-corrected chi connectivity index (χ4v) is 3.35. The lowest BCUT2D eigenvalue weighted by atomic mass is 10.3. The van der Waals surface area contributed by atoms with Gasteiger partial charge in [-0.15, -0.1) is 17.9 Å². The van der Waals surface area contributed by atoms with Crippen LogP contribution < -0.4 is 0 Å². The SMILES string of the molecule is C=CCN(CC(=O)O)CC(=O)N(CC)Cc1ccc(Br)s1. The monoisotopic (exact) mass is 374 g/mol. The summed E-state index contributed by atoms with van der Waals surface area (Å²) in [5.41, 5.74) is 0. The highest BCUT2D eigenvalue weighted by molar-refractivity contribution is 9.11. The van der Waals surface area contributed by atoms with Gasteiger partial charge in [-0.1, -0.05) is 6.08 Å². The van der Waals surface area contributed by atoms with Crippen LogP contribution in [0.5, 0.6) is 0 Å².